The molecule has 2 fully saturated rings. The van der Waals surface area contributed by atoms with Crippen molar-refractivity contribution in [3.05, 3.63) is 87.9 Å². The van der Waals surface area contributed by atoms with E-state index in [2.05, 4.69) is 10.2 Å². The normalized spacial score (nSPS) is 16.3. The van der Waals surface area contributed by atoms with Gasteiger partial charge in [-0.15, -0.1) is 0 Å². The van der Waals surface area contributed by atoms with Crippen molar-refractivity contribution in [3.8, 4) is 5.75 Å². The molecule has 2 aliphatic rings. The second kappa shape index (κ2) is 10.6. The van der Waals surface area contributed by atoms with Crippen LogP contribution in [0.4, 0.5) is 11.4 Å². The van der Waals surface area contributed by atoms with E-state index < -0.39 is 5.41 Å². The molecule has 0 spiro atoms. The highest BCUT2D eigenvalue weighted by Crippen LogP contribution is 2.54. The lowest BCUT2D eigenvalue weighted by Crippen LogP contribution is -2.51. The summed E-state index contributed by atoms with van der Waals surface area (Å²) in [6, 6.07) is 20.7. The standard InChI is InChI=1S/C29H29Cl2N3O3/c1-37-23-11-5-20(6-12-23)19-26(35)32-21-7-9-22(10-8-21)33-15-17-34(18-16-33)28(36)29(13-14-29)27-24(30)3-2-4-25(27)31/h2-12H,13-19H2,1H3,(H,32,35). The maximum Gasteiger partial charge on any atom is 0.233 e. The lowest BCUT2D eigenvalue weighted by atomic mass is 9.93. The summed E-state index contributed by atoms with van der Waals surface area (Å²) in [5, 5.41) is 4.08. The van der Waals surface area contributed by atoms with Crippen LogP contribution in [0, 0.1) is 0 Å². The minimum absolute atomic E-state index is 0.0716. The van der Waals surface area contributed by atoms with Gasteiger partial charge in [-0.3, -0.25) is 9.59 Å². The van der Waals surface area contributed by atoms with Crippen LogP contribution in [-0.2, 0) is 21.4 Å². The molecule has 1 saturated heterocycles. The molecular formula is C29H29Cl2N3O3. The quantitative estimate of drug-likeness (QED) is 0.428. The van der Waals surface area contributed by atoms with Crippen LogP contribution in [0.2, 0.25) is 10.0 Å². The lowest BCUT2D eigenvalue weighted by molar-refractivity contribution is -0.134. The van der Waals surface area contributed by atoms with Crippen LogP contribution in [-0.4, -0.2) is 50.0 Å². The van der Waals surface area contributed by atoms with Gasteiger partial charge in [0.05, 0.1) is 18.9 Å². The number of methoxy groups -OCH3 is 1. The monoisotopic (exact) mass is 537 g/mol. The maximum atomic E-state index is 13.5. The number of nitrogens with zero attached hydrogens (tertiary/aromatic N) is 2. The van der Waals surface area contributed by atoms with Crippen molar-refractivity contribution in [2.75, 3.05) is 43.5 Å². The number of amides is 2. The average Bonchev–Trinajstić information content (AvgIpc) is 3.71. The molecule has 8 heteroatoms. The number of rotatable bonds is 7. The fourth-order valence-electron chi connectivity index (χ4n) is 5.01. The molecular weight excluding hydrogens is 509 g/mol. The minimum Gasteiger partial charge on any atom is -0.497 e. The molecule has 2 amide bonds. The van der Waals surface area contributed by atoms with Gasteiger partial charge in [0.2, 0.25) is 11.8 Å². The number of halogens is 2. The zero-order valence-electron chi connectivity index (χ0n) is 20.7. The highest BCUT2D eigenvalue weighted by molar-refractivity contribution is 6.36. The molecule has 0 radical (unpaired) electrons. The predicted molar refractivity (Wildman–Crippen MR) is 148 cm³/mol. The van der Waals surface area contributed by atoms with E-state index in [-0.39, 0.29) is 11.8 Å². The van der Waals surface area contributed by atoms with Gasteiger partial charge in [-0.05, 0) is 66.9 Å². The van der Waals surface area contributed by atoms with Gasteiger partial charge in [-0.2, -0.15) is 0 Å². The number of hydrogen-bond acceptors (Lipinski definition) is 4. The Balaban J connectivity index is 1.15. The van der Waals surface area contributed by atoms with E-state index >= 15 is 0 Å². The molecule has 0 atom stereocenters. The molecule has 1 aliphatic heterocycles. The molecule has 3 aromatic rings. The van der Waals surface area contributed by atoms with E-state index in [1.807, 2.05) is 59.5 Å². The van der Waals surface area contributed by atoms with Crippen molar-refractivity contribution < 1.29 is 14.3 Å². The van der Waals surface area contributed by atoms with Crippen molar-refractivity contribution in [2.45, 2.75) is 24.7 Å². The molecule has 6 nitrogen and oxygen atoms in total. The summed E-state index contributed by atoms with van der Waals surface area (Å²) in [5.74, 6) is 0.816. The summed E-state index contributed by atoms with van der Waals surface area (Å²) in [5.41, 5.74) is 2.94. The number of nitrogens with one attached hydrogen (secondary N) is 1. The van der Waals surface area contributed by atoms with E-state index in [1.54, 1.807) is 19.2 Å². The molecule has 192 valence electrons. The topological polar surface area (TPSA) is 61.9 Å². The smallest absolute Gasteiger partial charge is 0.233 e. The van der Waals surface area contributed by atoms with Gasteiger partial charge in [0.25, 0.3) is 0 Å². The van der Waals surface area contributed by atoms with Gasteiger partial charge >= 0.3 is 0 Å². The van der Waals surface area contributed by atoms with E-state index in [0.717, 1.165) is 54.2 Å². The Hall–Kier alpha value is -3.22. The Morgan fingerprint density at radius 1 is 0.892 bits per heavy atom. The van der Waals surface area contributed by atoms with Crippen LogP contribution in [0.3, 0.4) is 0 Å². The first-order valence-electron chi connectivity index (χ1n) is 12.4. The molecule has 1 saturated carbocycles. The Morgan fingerprint density at radius 2 is 1.51 bits per heavy atom. The van der Waals surface area contributed by atoms with Gasteiger partial charge in [-0.1, -0.05) is 41.4 Å². The highest BCUT2D eigenvalue weighted by Gasteiger charge is 2.55. The van der Waals surface area contributed by atoms with Crippen molar-refractivity contribution >= 4 is 46.4 Å². The van der Waals surface area contributed by atoms with E-state index in [1.165, 1.54) is 0 Å². The molecule has 1 heterocycles. The second-order valence-electron chi connectivity index (χ2n) is 9.58. The third kappa shape index (κ3) is 5.41. The van der Waals surface area contributed by atoms with E-state index in [4.69, 9.17) is 27.9 Å². The molecule has 37 heavy (non-hydrogen) atoms. The van der Waals surface area contributed by atoms with Crippen LogP contribution in [0.5, 0.6) is 5.75 Å². The van der Waals surface area contributed by atoms with Crippen molar-refractivity contribution in [3.63, 3.8) is 0 Å². The summed E-state index contributed by atoms with van der Waals surface area (Å²) in [4.78, 5) is 30.1. The summed E-state index contributed by atoms with van der Waals surface area (Å²) in [6.45, 7) is 2.76. The largest absolute Gasteiger partial charge is 0.497 e. The van der Waals surface area contributed by atoms with Crippen LogP contribution in [0.1, 0.15) is 24.0 Å². The van der Waals surface area contributed by atoms with Crippen molar-refractivity contribution in [2.24, 2.45) is 0 Å². The van der Waals surface area contributed by atoms with Gasteiger partial charge in [0, 0.05) is 53.2 Å². The zero-order chi connectivity index (χ0) is 26.0. The van der Waals surface area contributed by atoms with Crippen molar-refractivity contribution in [1.29, 1.82) is 0 Å². The van der Waals surface area contributed by atoms with Gasteiger partial charge < -0.3 is 19.9 Å². The lowest BCUT2D eigenvalue weighted by Gasteiger charge is -2.38. The van der Waals surface area contributed by atoms with Crippen molar-refractivity contribution in [1.82, 2.24) is 4.90 Å². The van der Waals surface area contributed by atoms with Gasteiger partial charge in [-0.25, -0.2) is 0 Å². The summed E-state index contributed by atoms with van der Waals surface area (Å²) < 4.78 is 5.16. The van der Waals surface area contributed by atoms with Gasteiger partial charge in [0.15, 0.2) is 0 Å². The Morgan fingerprint density at radius 3 is 2.08 bits per heavy atom. The molecule has 0 unspecified atom stereocenters. The zero-order valence-corrected chi connectivity index (χ0v) is 22.2. The highest BCUT2D eigenvalue weighted by atomic mass is 35.5. The van der Waals surface area contributed by atoms with Crippen LogP contribution in [0.15, 0.2) is 66.7 Å². The summed E-state index contributed by atoms with van der Waals surface area (Å²) >= 11 is 12.9. The van der Waals surface area contributed by atoms with Crippen LogP contribution in [0.25, 0.3) is 0 Å². The average molecular weight is 538 g/mol. The number of anilines is 2. The second-order valence-corrected chi connectivity index (χ2v) is 10.4. The third-order valence-electron chi connectivity index (χ3n) is 7.21. The maximum absolute atomic E-state index is 13.5. The number of piperazine rings is 1. The first-order chi connectivity index (χ1) is 17.9. The SMILES string of the molecule is COc1ccc(CC(=O)Nc2ccc(N3CCN(C(=O)C4(c5c(Cl)cccc5Cl)CC4)CC3)cc2)cc1. The predicted octanol–water partition coefficient (Wildman–Crippen LogP) is 5.56. The van der Waals surface area contributed by atoms with E-state index in [0.29, 0.717) is 29.6 Å². The number of carbonyl (C=O) groups excluding carboxylic acids is 2. The fourth-order valence-corrected chi connectivity index (χ4v) is 5.77. The molecule has 1 N–H and O–H groups in total. The minimum atomic E-state index is -0.580. The first-order valence-corrected chi connectivity index (χ1v) is 13.2. The third-order valence-corrected chi connectivity index (χ3v) is 7.84. The van der Waals surface area contributed by atoms with Crippen LogP contribution < -0.4 is 15.0 Å². The first kappa shape index (κ1) is 25.4. The number of hydrogen-bond donors (Lipinski definition) is 1. The molecule has 0 aromatic heterocycles. The number of benzene rings is 3. The Labute approximate surface area is 227 Å². The summed E-state index contributed by atoms with van der Waals surface area (Å²) in [6.07, 6.45) is 1.85. The number of carbonyl (C=O) groups is 2. The molecule has 1 aliphatic carbocycles. The summed E-state index contributed by atoms with van der Waals surface area (Å²) in [7, 11) is 1.62. The molecule has 3 aromatic carbocycles. The van der Waals surface area contributed by atoms with Gasteiger partial charge in [0.1, 0.15) is 5.75 Å². The number of ether oxygens (including phenoxy) is 1. The Bertz CT molecular complexity index is 1260. The Kier molecular flexibility index (Phi) is 7.31. The fraction of sp³-hybridized carbons (Fsp3) is 0.310. The van der Waals surface area contributed by atoms with Crippen LogP contribution >= 0.6 is 23.2 Å². The molecule has 5 rings (SSSR count). The molecule has 0 bridgehead atoms. The van der Waals surface area contributed by atoms with E-state index in [9.17, 15) is 9.59 Å².